The maximum atomic E-state index is 12.2. The molecule has 2 aromatic heterocycles. The van der Waals surface area contributed by atoms with Crippen LogP contribution in [0.25, 0.3) is 0 Å². The Morgan fingerprint density at radius 1 is 1.42 bits per heavy atom. The summed E-state index contributed by atoms with van der Waals surface area (Å²) >= 11 is 6.01. The van der Waals surface area contributed by atoms with Crippen molar-refractivity contribution < 1.29 is 14.3 Å². The molecule has 7 heteroatoms. The van der Waals surface area contributed by atoms with Gasteiger partial charge in [0.15, 0.2) is 0 Å². The number of carbonyl (C=O) groups excluding carboxylic acids is 1. The first-order valence-corrected chi connectivity index (χ1v) is 7.86. The van der Waals surface area contributed by atoms with E-state index in [9.17, 15) is 9.90 Å². The number of nitrogens with zero attached hydrogens (tertiary/aromatic N) is 2. The normalized spacial score (nSPS) is 16.7. The smallest absolute Gasteiger partial charge is 0.226 e. The molecule has 0 fully saturated rings. The second kappa shape index (κ2) is 5.72. The molecular formula is C17H14ClN3O3. The summed E-state index contributed by atoms with van der Waals surface area (Å²) in [4.78, 5) is 12.2. The first-order chi connectivity index (χ1) is 11.6. The second-order valence-corrected chi connectivity index (χ2v) is 6.11. The third kappa shape index (κ3) is 2.55. The zero-order valence-electron chi connectivity index (χ0n) is 12.6. The maximum absolute atomic E-state index is 12.2. The van der Waals surface area contributed by atoms with Crippen LogP contribution in [0.1, 0.15) is 29.2 Å². The fraction of sp³-hybridized carbons (Fsp3) is 0.176. The van der Waals surface area contributed by atoms with Crippen molar-refractivity contribution in [2.45, 2.75) is 18.9 Å². The lowest BCUT2D eigenvalue weighted by molar-refractivity contribution is -0.116. The highest BCUT2D eigenvalue weighted by Crippen LogP contribution is 2.39. The number of phenolic OH excluding ortho intramolecular Hbond substituents is 1. The number of aromatic nitrogens is 2. The molecule has 4 rings (SSSR count). The monoisotopic (exact) mass is 343 g/mol. The number of fused-ring (bicyclic) bond motifs is 1. The molecule has 0 saturated carbocycles. The molecule has 122 valence electrons. The summed E-state index contributed by atoms with van der Waals surface area (Å²) in [5.74, 6) is 1.20. The molecule has 0 spiro atoms. The van der Waals surface area contributed by atoms with Gasteiger partial charge in [-0.3, -0.25) is 4.79 Å². The lowest BCUT2D eigenvalue weighted by Crippen LogP contribution is -2.25. The molecule has 1 atom stereocenters. The summed E-state index contributed by atoms with van der Waals surface area (Å²) in [6.07, 6.45) is 3.66. The topological polar surface area (TPSA) is 80.3 Å². The molecule has 0 unspecified atom stereocenters. The Balaban J connectivity index is 1.73. The van der Waals surface area contributed by atoms with E-state index in [1.165, 1.54) is 6.07 Å². The molecule has 0 saturated heterocycles. The van der Waals surface area contributed by atoms with Crippen molar-refractivity contribution in [3.05, 3.63) is 64.7 Å². The molecule has 6 nitrogen and oxygen atoms in total. The largest absolute Gasteiger partial charge is 0.506 e. The summed E-state index contributed by atoms with van der Waals surface area (Å²) in [5, 5.41) is 17.1. The highest BCUT2D eigenvalue weighted by Gasteiger charge is 2.30. The number of anilines is 1. The first kappa shape index (κ1) is 14.8. The van der Waals surface area contributed by atoms with Crippen LogP contribution in [0, 0.1) is 0 Å². The molecular weight excluding hydrogens is 330 g/mol. The Labute approximate surface area is 142 Å². The zero-order valence-corrected chi connectivity index (χ0v) is 13.3. The van der Waals surface area contributed by atoms with Gasteiger partial charge in [-0.25, -0.2) is 4.68 Å². The van der Waals surface area contributed by atoms with Crippen molar-refractivity contribution in [2.75, 3.05) is 5.32 Å². The van der Waals surface area contributed by atoms with Crippen molar-refractivity contribution in [1.29, 1.82) is 0 Å². The summed E-state index contributed by atoms with van der Waals surface area (Å²) < 4.78 is 7.05. The highest BCUT2D eigenvalue weighted by atomic mass is 35.5. The average molecular weight is 344 g/mol. The molecule has 3 aromatic rings. The van der Waals surface area contributed by atoms with Crippen LogP contribution in [0.2, 0.25) is 5.02 Å². The van der Waals surface area contributed by atoms with Crippen LogP contribution < -0.4 is 5.32 Å². The zero-order chi connectivity index (χ0) is 16.7. The number of halogens is 1. The van der Waals surface area contributed by atoms with Crippen molar-refractivity contribution in [3.8, 4) is 5.75 Å². The summed E-state index contributed by atoms with van der Waals surface area (Å²) in [6.45, 7) is 0.436. The minimum atomic E-state index is -0.155. The first-order valence-electron chi connectivity index (χ1n) is 7.48. The van der Waals surface area contributed by atoms with E-state index in [-0.39, 0.29) is 22.6 Å². The third-order valence-electron chi connectivity index (χ3n) is 4.15. The van der Waals surface area contributed by atoms with E-state index in [1.807, 2.05) is 12.1 Å². The van der Waals surface area contributed by atoms with E-state index in [4.69, 9.17) is 16.0 Å². The number of carbonyl (C=O) groups is 1. The molecule has 0 radical (unpaired) electrons. The molecule has 1 aliphatic rings. The number of hydrogen-bond acceptors (Lipinski definition) is 4. The molecule has 3 heterocycles. The molecule has 1 aliphatic heterocycles. The van der Waals surface area contributed by atoms with Gasteiger partial charge >= 0.3 is 0 Å². The predicted octanol–water partition coefficient (Wildman–Crippen LogP) is 3.36. The highest BCUT2D eigenvalue weighted by molar-refractivity contribution is 6.32. The number of phenols is 1. The number of furan rings is 1. The van der Waals surface area contributed by atoms with Crippen LogP contribution in [0.3, 0.4) is 0 Å². The number of benzene rings is 1. The van der Waals surface area contributed by atoms with Crippen molar-refractivity contribution in [1.82, 2.24) is 9.78 Å². The fourth-order valence-corrected chi connectivity index (χ4v) is 3.17. The minimum Gasteiger partial charge on any atom is -0.506 e. The van der Waals surface area contributed by atoms with Gasteiger partial charge in [-0.15, -0.1) is 0 Å². The van der Waals surface area contributed by atoms with Crippen LogP contribution >= 0.6 is 11.6 Å². The van der Waals surface area contributed by atoms with E-state index >= 15 is 0 Å². The van der Waals surface area contributed by atoms with E-state index in [1.54, 1.807) is 29.3 Å². The van der Waals surface area contributed by atoms with Crippen molar-refractivity contribution >= 4 is 23.3 Å². The average Bonchev–Trinajstić information content (AvgIpc) is 3.20. The van der Waals surface area contributed by atoms with Gasteiger partial charge in [0.25, 0.3) is 0 Å². The van der Waals surface area contributed by atoms with Crippen molar-refractivity contribution in [2.24, 2.45) is 0 Å². The Kier molecular flexibility index (Phi) is 3.54. The summed E-state index contributed by atoms with van der Waals surface area (Å²) in [6, 6.07) is 8.67. The maximum Gasteiger partial charge on any atom is 0.226 e. The lowest BCUT2D eigenvalue weighted by Gasteiger charge is -2.24. The van der Waals surface area contributed by atoms with Gasteiger partial charge < -0.3 is 14.8 Å². The predicted molar refractivity (Wildman–Crippen MR) is 88.2 cm³/mol. The molecule has 1 aromatic carbocycles. The number of nitrogens with one attached hydrogen (secondary N) is 1. The third-order valence-corrected chi connectivity index (χ3v) is 4.45. The summed E-state index contributed by atoms with van der Waals surface area (Å²) in [7, 11) is 0. The van der Waals surface area contributed by atoms with Crippen molar-refractivity contribution in [3.63, 3.8) is 0 Å². The Hall–Kier alpha value is -2.73. The molecule has 2 N–H and O–H groups in total. The minimum absolute atomic E-state index is 0.0226. The van der Waals surface area contributed by atoms with Crippen LogP contribution in [-0.2, 0) is 11.3 Å². The second-order valence-electron chi connectivity index (χ2n) is 5.70. The number of aromatic hydroxyl groups is 1. The van der Waals surface area contributed by atoms with Gasteiger partial charge in [-0.1, -0.05) is 17.7 Å². The quantitative estimate of drug-likeness (QED) is 0.764. The van der Waals surface area contributed by atoms with Gasteiger partial charge in [0.05, 0.1) is 17.5 Å². The van der Waals surface area contributed by atoms with Gasteiger partial charge in [0.1, 0.15) is 23.9 Å². The van der Waals surface area contributed by atoms with E-state index < -0.39 is 0 Å². The summed E-state index contributed by atoms with van der Waals surface area (Å²) in [5.41, 5.74) is 1.79. The lowest BCUT2D eigenvalue weighted by atomic mass is 9.87. The number of amides is 1. The molecule has 24 heavy (non-hydrogen) atoms. The Morgan fingerprint density at radius 2 is 2.29 bits per heavy atom. The number of hydrogen-bond donors (Lipinski definition) is 2. The van der Waals surface area contributed by atoms with E-state index in [0.717, 1.165) is 16.9 Å². The Morgan fingerprint density at radius 3 is 3.04 bits per heavy atom. The number of rotatable bonds is 3. The fourth-order valence-electron chi connectivity index (χ4n) is 2.98. The molecule has 0 aliphatic carbocycles. The SMILES string of the molecule is O=C1C[C@H](c2ccc(O)c(Cl)c2)c2cnn(Cc3ccco3)c2N1. The van der Waals surface area contributed by atoms with Crippen LogP contribution in [0.4, 0.5) is 5.82 Å². The van der Waals surface area contributed by atoms with Crippen LogP contribution in [-0.4, -0.2) is 20.8 Å². The molecule has 1 amide bonds. The molecule has 0 bridgehead atoms. The van der Waals surface area contributed by atoms with Gasteiger partial charge in [-0.05, 0) is 29.8 Å². The standard InChI is InChI=1S/C17H14ClN3O3/c18-14-6-10(3-4-15(14)22)12-7-16(23)20-17-13(12)8-19-21(17)9-11-2-1-5-24-11/h1-6,8,12,22H,7,9H2,(H,20,23)/t12-/m1/s1. The van der Waals surface area contributed by atoms with Crippen LogP contribution in [0.5, 0.6) is 5.75 Å². The van der Waals surface area contributed by atoms with Gasteiger partial charge in [0, 0.05) is 17.9 Å². The van der Waals surface area contributed by atoms with E-state index in [0.29, 0.717) is 18.8 Å². The van der Waals surface area contributed by atoms with Gasteiger partial charge in [0.2, 0.25) is 5.91 Å². The van der Waals surface area contributed by atoms with Gasteiger partial charge in [-0.2, -0.15) is 5.10 Å². The Bertz CT molecular complexity index is 902. The van der Waals surface area contributed by atoms with E-state index in [2.05, 4.69) is 10.4 Å². The van der Waals surface area contributed by atoms with Crippen LogP contribution in [0.15, 0.2) is 47.2 Å².